The molecular formula is C17H21N5O. The number of hydrogen-bond acceptors (Lipinski definition) is 4. The first-order valence-electron chi connectivity index (χ1n) is 7.26. The molecule has 1 heterocycles. The van der Waals surface area contributed by atoms with E-state index >= 15 is 0 Å². The minimum absolute atomic E-state index is 0.167. The van der Waals surface area contributed by atoms with Crippen LogP contribution in [0.3, 0.4) is 0 Å². The summed E-state index contributed by atoms with van der Waals surface area (Å²) < 4.78 is 1.75. The number of hydrogen-bond donors (Lipinski definition) is 3. The van der Waals surface area contributed by atoms with Crippen LogP contribution in [0.25, 0.3) is 0 Å². The van der Waals surface area contributed by atoms with Crippen molar-refractivity contribution in [3.8, 4) is 0 Å². The molecule has 6 heteroatoms. The Morgan fingerprint density at radius 1 is 1.35 bits per heavy atom. The van der Waals surface area contributed by atoms with E-state index in [4.69, 9.17) is 5.73 Å². The second-order valence-corrected chi connectivity index (χ2v) is 5.05. The summed E-state index contributed by atoms with van der Waals surface area (Å²) in [6, 6.07) is 9.70. The highest BCUT2D eigenvalue weighted by Crippen LogP contribution is 2.14. The summed E-state index contributed by atoms with van der Waals surface area (Å²) in [5.41, 5.74) is 12.1. The molecule has 0 radical (unpaired) electrons. The van der Waals surface area contributed by atoms with Gasteiger partial charge >= 0.3 is 0 Å². The first-order chi connectivity index (χ1) is 11.1. The summed E-state index contributed by atoms with van der Waals surface area (Å²) >= 11 is 0. The Kier molecular flexibility index (Phi) is 5.57. The maximum atomic E-state index is 12.1. The summed E-state index contributed by atoms with van der Waals surface area (Å²) in [4.78, 5) is 16.0. The number of carbonyl (C=O) groups excluding carboxylic acids is 1. The Bertz CT molecular complexity index is 730. The summed E-state index contributed by atoms with van der Waals surface area (Å²) in [5.74, 6) is -0.167. The van der Waals surface area contributed by atoms with Crippen LogP contribution in [0.5, 0.6) is 0 Å². The molecule has 0 aliphatic heterocycles. The van der Waals surface area contributed by atoms with E-state index in [0.29, 0.717) is 12.1 Å². The number of nitrogens with zero attached hydrogens (tertiary/aromatic N) is 2. The molecule has 0 bridgehead atoms. The SMILES string of the molecule is CN=C/C(=C\N)CNC(=O)c1ccn(Nc2ccccc2C)c1. The zero-order valence-corrected chi connectivity index (χ0v) is 13.3. The van der Waals surface area contributed by atoms with Gasteiger partial charge in [0, 0.05) is 44.0 Å². The number of aryl methyl sites for hydroxylation is 1. The van der Waals surface area contributed by atoms with Gasteiger partial charge in [0.05, 0.1) is 11.3 Å². The predicted octanol–water partition coefficient (Wildman–Crippen LogP) is 1.94. The Morgan fingerprint density at radius 3 is 2.83 bits per heavy atom. The standard InChI is InChI=1S/C17H21N5O/c1-13-5-3-4-6-16(13)21-22-8-7-15(12-22)17(23)20-11-14(9-18)10-19-2/h3-10,12,21H,11,18H2,1-2H3,(H,20,23)/b14-9+,19-10?. The molecule has 1 amide bonds. The molecule has 0 aliphatic carbocycles. The number of aromatic nitrogens is 1. The summed E-state index contributed by atoms with van der Waals surface area (Å²) in [6.45, 7) is 2.36. The predicted molar refractivity (Wildman–Crippen MR) is 93.7 cm³/mol. The van der Waals surface area contributed by atoms with Crippen molar-refractivity contribution in [3.63, 3.8) is 0 Å². The van der Waals surface area contributed by atoms with Gasteiger partial charge in [-0.05, 0) is 24.6 Å². The normalized spacial score (nSPS) is 11.7. The first kappa shape index (κ1) is 16.4. The lowest BCUT2D eigenvalue weighted by molar-refractivity contribution is 0.0957. The largest absolute Gasteiger partial charge is 0.404 e. The average molecular weight is 311 g/mol. The highest BCUT2D eigenvalue weighted by Gasteiger charge is 2.08. The van der Waals surface area contributed by atoms with Gasteiger partial charge in [0.15, 0.2) is 0 Å². The number of anilines is 1. The van der Waals surface area contributed by atoms with Crippen LogP contribution < -0.4 is 16.5 Å². The lowest BCUT2D eigenvalue weighted by Gasteiger charge is -2.10. The topological polar surface area (TPSA) is 84.4 Å². The molecule has 0 aliphatic rings. The van der Waals surface area contributed by atoms with Gasteiger partial charge in [-0.3, -0.25) is 19.9 Å². The van der Waals surface area contributed by atoms with Gasteiger partial charge in [0.25, 0.3) is 5.91 Å². The van der Waals surface area contributed by atoms with Crippen molar-refractivity contribution in [1.82, 2.24) is 9.99 Å². The van der Waals surface area contributed by atoms with E-state index in [1.54, 1.807) is 36.4 Å². The van der Waals surface area contributed by atoms with Crippen molar-refractivity contribution in [1.29, 1.82) is 0 Å². The quantitative estimate of drug-likeness (QED) is 0.713. The second-order valence-electron chi connectivity index (χ2n) is 5.05. The van der Waals surface area contributed by atoms with Crippen LogP contribution in [-0.4, -0.2) is 30.4 Å². The van der Waals surface area contributed by atoms with Gasteiger partial charge in [-0.25, -0.2) is 0 Å². The van der Waals surface area contributed by atoms with Gasteiger partial charge in [0.2, 0.25) is 0 Å². The van der Waals surface area contributed by atoms with E-state index in [1.807, 2.05) is 31.2 Å². The molecule has 1 aromatic carbocycles. The van der Waals surface area contributed by atoms with E-state index in [9.17, 15) is 4.79 Å². The van der Waals surface area contributed by atoms with Crippen LogP contribution in [-0.2, 0) is 0 Å². The van der Waals surface area contributed by atoms with E-state index in [0.717, 1.165) is 16.8 Å². The van der Waals surface area contributed by atoms with Crippen molar-refractivity contribution in [2.45, 2.75) is 6.92 Å². The summed E-state index contributed by atoms with van der Waals surface area (Å²) in [7, 11) is 1.66. The molecule has 0 fully saturated rings. The van der Waals surface area contributed by atoms with Crippen LogP contribution in [0.4, 0.5) is 5.69 Å². The molecule has 0 unspecified atom stereocenters. The molecule has 120 valence electrons. The minimum atomic E-state index is -0.167. The van der Waals surface area contributed by atoms with E-state index in [1.165, 1.54) is 6.20 Å². The monoisotopic (exact) mass is 311 g/mol. The molecule has 0 saturated carbocycles. The molecule has 2 rings (SSSR count). The number of rotatable bonds is 6. The third-order valence-electron chi connectivity index (χ3n) is 3.31. The fraction of sp³-hybridized carbons (Fsp3) is 0.176. The average Bonchev–Trinajstić information content (AvgIpc) is 3.02. The third kappa shape index (κ3) is 4.47. The molecule has 4 N–H and O–H groups in total. The molecule has 6 nitrogen and oxygen atoms in total. The molecule has 0 atom stereocenters. The number of para-hydroxylation sites is 1. The molecular weight excluding hydrogens is 290 g/mol. The number of nitrogens with one attached hydrogen (secondary N) is 2. The third-order valence-corrected chi connectivity index (χ3v) is 3.31. The van der Waals surface area contributed by atoms with Crippen LogP contribution in [0.15, 0.2) is 59.5 Å². The Balaban J connectivity index is 1.99. The smallest absolute Gasteiger partial charge is 0.253 e. The molecule has 0 spiro atoms. The number of aliphatic imine (C=N–C) groups is 1. The maximum absolute atomic E-state index is 12.1. The molecule has 23 heavy (non-hydrogen) atoms. The van der Waals surface area contributed by atoms with E-state index < -0.39 is 0 Å². The zero-order chi connectivity index (χ0) is 16.7. The molecule has 1 aromatic heterocycles. The fourth-order valence-electron chi connectivity index (χ4n) is 2.04. The zero-order valence-electron chi connectivity index (χ0n) is 13.3. The van der Waals surface area contributed by atoms with Gasteiger partial charge in [-0.2, -0.15) is 0 Å². The van der Waals surface area contributed by atoms with Crippen molar-refractivity contribution in [2.75, 3.05) is 19.0 Å². The van der Waals surface area contributed by atoms with Crippen LogP contribution in [0.1, 0.15) is 15.9 Å². The van der Waals surface area contributed by atoms with Gasteiger partial charge in [-0.15, -0.1) is 0 Å². The van der Waals surface area contributed by atoms with Crippen molar-refractivity contribution < 1.29 is 4.79 Å². The summed E-state index contributed by atoms with van der Waals surface area (Å²) in [6.07, 6.45) is 6.58. The first-order valence-corrected chi connectivity index (χ1v) is 7.26. The Hall–Kier alpha value is -3.02. The van der Waals surface area contributed by atoms with Gasteiger partial charge in [0.1, 0.15) is 0 Å². The Morgan fingerprint density at radius 2 is 2.13 bits per heavy atom. The van der Waals surface area contributed by atoms with Crippen molar-refractivity contribution in [2.24, 2.45) is 10.7 Å². The fourth-order valence-corrected chi connectivity index (χ4v) is 2.04. The van der Waals surface area contributed by atoms with Gasteiger partial charge in [-0.1, -0.05) is 18.2 Å². The second kappa shape index (κ2) is 7.84. The van der Waals surface area contributed by atoms with Crippen LogP contribution >= 0.6 is 0 Å². The van der Waals surface area contributed by atoms with Crippen LogP contribution in [0.2, 0.25) is 0 Å². The number of carbonyl (C=O) groups is 1. The molecule has 2 aromatic rings. The lowest BCUT2D eigenvalue weighted by atomic mass is 10.2. The van der Waals surface area contributed by atoms with Gasteiger partial charge < -0.3 is 11.1 Å². The Labute approximate surface area is 135 Å². The number of amides is 1. The summed E-state index contributed by atoms with van der Waals surface area (Å²) in [5, 5.41) is 2.80. The maximum Gasteiger partial charge on any atom is 0.253 e. The molecule has 0 saturated heterocycles. The minimum Gasteiger partial charge on any atom is -0.404 e. The number of benzene rings is 1. The van der Waals surface area contributed by atoms with Crippen molar-refractivity contribution >= 4 is 17.8 Å². The highest BCUT2D eigenvalue weighted by molar-refractivity contribution is 5.94. The lowest BCUT2D eigenvalue weighted by Crippen LogP contribution is -2.26. The van der Waals surface area contributed by atoms with E-state index in [2.05, 4.69) is 15.7 Å². The van der Waals surface area contributed by atoms with Crippen molar-refractivity contribution in [3.05, 3.63) is 65.6 Å². The van der Waals surface area contributed by atoms with E-state index in [-0.39, 0.29) is 5.91 Å². The highest BCUT2D eigenvalue weighted by atomic mass is 16.1. The number of nitrogens with two attached hydrogens (primary N) is 1. The van der Waals surface area contributed by atoms with Crippen LogP contribution in [0, 0.1) is 6.92 Å².